The number of piperidine rings is 1. The van der Waals surface area contributed by atoms with Gasteiger partial charge in [0.05, 0.1) is 19.2 Å². The number of oxazole rings is 1. The molecule has 0 bridgehead atoms. The molecular formula is C20H22N4O3. The zero-order valence-corrected chi connectivity index (χ0v) is 15.3. The lowest BCUT2D eigenvalue weighted by Crippen LogP contribution is -2.29. The van der Waals surface area contributed by atoms with Crippen molar-refractivity contribution in [3.8, 4) is 17.2 Å². The second-order valence-corrected chi connectivity index (χ2v) is 7.47. The summed E-state index contributed by atoms with van der Waals surface area (Å²) in [5, 5.41) is 7.58. The fraction of sp³-hybridized carbons (Fsp3) is 0.450. The van der Waals surface area contributed by atoms with Crippen LogP contribution >= 0.6 is 0 Å². The van der Waals surface area contributed by atoms with Crippen molar-refractivity contribution in [2.75, 3.05) is 20.2 Å². The van der Waals surface area contributed by atoms with E-state index in [1.165, 1.54) is 19.3 Å². The predicted molar refractivity (Wildman–Crippen MR) is 97.5 cm³/mol. The van der Waals surface area contributed by atoms with Crippen molar-refractivity contribution in [3.63, 3.8) is 0 Å². The molecule has 0 amide bonds. The summed E-state index contributed by atoms with van der Waals surface area (Å²) in [5.41, 5.74) is 2.09. The van der Waals surface area contributed by atoms with Crippen LogP contribution in [-0.4, -0.2) is 35.3 Å². The highest BCUT2D eigenvalue weighted by molar-refractivity contribution is 5.54. The van der Waals surface area contributed by atoms with Gasteiger partial charge in [-0.3, -0.25) is 0 Å². The molecule has 2 aromatic heterocycles. The van der Waals surface area contributed by atoms with Gasteiger partial charge in [-0.05, 0) is 62.0 Å². The normalized spacial score (nSPS) is 20.7. The number of methoxy groups -OCH3 is 1. The van der Waals surface area contributed by atoms with E-state index in [-0.39, 0.29) is 0 Å². The van der Waals surface area contributed by atoms with Gasteiger partial charge in [-0.1, -0.05) is 5.16 Å². The van der Waals surface area contributed by atoms with E-state index in [9.17, 15) is 0 Å². The first-order valence-corrected chi connectivity index (χ1v) is 9.38. The Morgan fingerprint density at radius 3 is 2.78 bits per heavy atom. The Balaban J connectivity index is 1.26. The Morgan fingerprint density at radius 1 is 1.19 bits per heavy atom. The Hall–Kier alpha value is -2.67. The maximum absolute atomic E-state index is 5.61. The number of hydrogen-bond acceptors (Lipinski definition) is 7. The van der Waals surface area contributed by atoms with Crippen molar-refractivity contribution in [3.05, 3.63) is 47.9 Å². The van der Waals surface area contributed by atoms with Gasteiger partial charge in [0.1, 0.15) is 12.0 Å². The molecule has 2 aliphatic rings. The van der Waals surface area contributed by atoms with E-state index in [0.717, 1.165) is 36.0 Å². The lowest BCUT2D eigenvalue weighted by Gasteiger charge is -2.22. The van der Waals surface area contributed by atoms with Crippen molar-refractivity contribution in [2.45, 2.75) is 31.6 Å². The van der Waals surface area contributed by atoms with Crippen LogP contribution in [0.25, 0.3) is 11.5 Å². The third kappa shape index (κ3) is 3.12. The average Bonchev–Trinajstić information content (AvgIpc) is 3.07. The zero-order valence-electron chi connectivity index (χ0n) is 15.3. The van der Waals surface area contributed by atoms with Crippen LogP contribution in [-0.2, 0) is 6.42 Å². The molecule has 1 spiro atoms. The topological polar surface area (TPSA) is 86.2 Å². The van der Waals surface area contributed by atoms with Crippen LogP contribution in [0.4, 0.5) is 0 Å². The lowest BCUT2D eigenvalue weighted by atomic mass is 9.92. The van der Waals surface area contributed by atoms with Gasteiger partial charge < -0.3 is 19.0 Å². The van der Waals surface area contributed by atoms with Gasteiger partial charge in [0.2, 0.25) is 11.8 Å². The van der Waals surface area contributed by atoms with Crippen LogP contribution in [0, 0.1) is 5.41 Å². The molecule has 1 saturated carbocycles. The summed E-state index contributed by atoms with van der Waals surface area (Å²) in [6, 6.07) is 7.62. The largest absolute Gasteiger partial charge is 0.497 e. The maximum atomic E-state index is 5.61. The minimum Gasteiger partial charge on any atom is -0.497 e. The number of ether oxygens (including phenoxy) is 1. The van der Waals surface area contributed by atoms with Gasteiger partial charge in [0, 0.05) is 11.5 Å². The molecule has 3 heterocycles. The molecule has 1 N–H and O–H groups in total. The summed E-state index contributed by atoms with van der Waals surface area (Å²) in [6.07, 6.45) is 5.72. The molecule has 7 nitrogen and oxygen atoms in total. The summed E-state index contributed by atoms with van der Waals surface area (Å²) < 4.78 is 16.3. The molecule has 1 aliphatic heterocycles. The second-order valence-electron chi connectivity index (χ2n) is 7.47. The number of rotatable bonds is 5. The molecule has 0 radical (unpaired) electrons. The summed E-state index contributed by atoms with van der Waals surface area (Å²) in [7, 11) is 1.64. The zero-order chi connectivity index (χ0) is 18.3. The lowest BCUT2D eigenvalue weighted by molar-refractivity contribution is 0.310. The third-order valence-corrected chi connectivity index (χ3v) is 5.80. The highest BCUT2D eigenvalue weighted by atomic mass is 16.5. The molecular weight excluding hydrogens is 344 g/mol. The fourth-order valence-electron chi connectivity index (χ4n) is 4.07. The van der Waals surface area contributed by atoms with Crippen LogP contribution in [0.3, 0.4) is 0 Å². The van der Waals surface area contributed by atoms with Gasteiger partial charge in [0.15, 0.2) is 5.82 Å². The van der Waals surface area contributed by atoms with E-state index in [1.807, 2.05) is 24.3 Å². The quantitative estimate of drug-likeness (QED) is 0.742. The Morgan fingerprint density at radius 2 is 2.00 bits per heavy atom. The Bertz CT molecular complexity index is 925. The molecule has 5 rings (SSSR count). The number of aromatic nitrogens is 3. The highest BCUT2D eigenvalue weighted by Crippen LogP contribution is 2.63. The van der Waals surface area contributed by atoms with Gasteiger partial charge in [-0.2, -0.15) is 4.98 Å². The Kier molecular flexibility index (Phi) is 3.97. The average molecular weight is 366 g/mol. The third-order valence-electron chi connectivity index (χ3n) is 5.80. The molecule has 2 fully saturated rings. The summed E-state index contributed by atoms with van der Waals surface area (Å²) >= 11 is 0. The van der Waals surface area contributed by atoms with E-state index in [4.69, 9.17) is 13.7 Å². The van der Waals surface area contributed by atoms with Crippen molar-refractivity contribution in [1.29, 1.82) is 0 Å². The first-order valence-electron chi connectivity index (χ1n) is 9.38. The van der Waals surface area contributed by atoms with Gasteiger partial charge in [-0.15, -0.1) is 0 Å². The summed E-state index contributed by atoms with van der Waals surface area (Å²) in [4.78, 5) is 9.17. The van der Waals surface area contributed by atoms with E-state index in [0.29, 0.717) is 29.5 Å². The van der Waals surface area contributed by atoms with Gasteiger partial charge >= 0.3 is 0 Å². The van der Waals surface area contributed by atoms with E-state index >= 15 is 0 Å². The first kappa shape index (κ1) is 16.5. The SMILES string of the molecule is COc1ccc(-c2nc(Cc3noc(C4CC45CCNCC5)n3)co2)cc1. The number of benzene rings is 1. The number of nitrogens with one attached hydrogen (secondary N) is 1. The van der Waals surface area contributed by atoms with Crippen LogP contribution in [0.1, 0.15) is 42.6 Å². The van der Waals surface area contributed by atoms with E-state index in [1.54, 1.807) is 13.4 Å². The molecule has 27 heavy (non-hydrogen) atoms. The standard InChI is InChI=1S/C20H22N4O3/c1-25-15-4-2-13(3-5-15)18-22-14(12-26-18)10-17-23-19(27-24-17)16-11-20(16)6-8-21-9-7-20/h2-5,12,16,21H,6-11H2,1H3. The summed E-state index contributed by atoms with van der Waals surface area (Å²) in [5.74, 6) is 3.25. The van der Waals surface area contributed by atoms with Crippen molar-refractivity contribution in [1.82, 2.24) is 20.4 Å². The molecule has 1 unspecified atom stereocenters. The minimum absolute atomic E-state index is 0.393. The number of nitrogens with zero attached hydrogens (tertiary/aromatic N) is 3. The van der Waals surface area contributed by atoms with Crippen LogP contribution in [0.5, 0.6) is 5.75 Å². The smallest absolute Gasteiger partial charge is 0.230 e. The predicted octanol–water partition coefficient (Wildman–Crippen LogP) is 3.18. The molecule has 1 aliphatic carbocycles. The van der Waals surface area contributed by atoms with Crippen molar-refractivity contribution >= 4 is 0 Å². The molecule has 1 atom stereocenters. The molecule has 7 heteroatoms. The fourth-order valence-corrected chi connectivity index (χ4v) is 4.07. The van der Waals surface area contributed by atoms with E-state index in [2.05, 4.69) is 20.4 Å². The molecule has 3 aromatic rings. The van der Waals surface area contributed by atoms with Crippen molar-refractivity contribution in [2.24, 2.45) is 5.41 Å². The number of hydrogen-bond donors (Lipinski definition) is 1. The minimum atomic E-state index is 0.393. The highest BCUT2D eigenvalue weighted by Gasteiger charge is 2.57. The van der Waals surface area contributed by atoms with Crippen molar-refractivity contribution < 1.29 is 13.7 Å². The first-order chi connectivity index (χ1) is 13.3. The Labute approximate surface area is 157 Å². The molecule has 1 saturated heterocycles. The monoisotopic (exact) mass is 366 g/mol. The molecule has 1 aromatic carbocycles. The van der Waals surface area contributed by atoms with Crippen LogP contribution in [0.15, 0.2) is 39.5 Å². The maximum Gasteiger partial charge on any atom is 0.230 e. The van der Waals surface area contributed by atoms with Crippen LogP contribution in [0.2, 0.25) is 0 Å². The summed E-state index contributed by atoms with van der Waals surface area (Å²) in [6.45, 7) is 2.18. The van der Waals surface area contributed by atoms with E-state index < -0.39 is 0 Å². The second kappa shape index (κ2) is 6.49. The van der Waals surface area contributed by atoms with Gasteiger partial charge in [-0.25, -0.2) is 4.98 Å². The van der Waals surface area contributed by atoms with Crippen LogP contribution < -0.4 is 10.1 Å². The van der Waals surface area contributed by atoms with Gasteiger partial charge in [0.25, 0.3) is 0 Å². The molecule has 140 valence electrons.